The molecular formula is C20H22FN3O3. The van der Waals surface area contributed by atoms with Crippen molar-refractivity contribution in [2.45, 2.75) is 18.9 Å². The lowest BCUT2D eigenvalue weighted by Crippen LogP contribution is -2.64. The highest BCUT2D eigenvalue weighted by atomic mass is 19.1. The number of furan rings is 1. The van der Waals surface area contributed by atoms with Gasteiger partial charge in [-0.3, -0.25) is 14.5 Å². The van der Waals surface area contributed by atoms with Gasteiger partial charge in [0.2, 0.25) is 5.91 Å². The number of likely N-dealkylation sites (N-methyl/N-ethyl adjacent to an activating group) is 1. The highest BCUT2D eigenvalue weighted by Crippen LogP contribution is 2.34. The number of anilines is 1. The van der Waals surface area contributed by atoms with Crippen molar-refractivity contribution >= 4 is 17.5 Å². The van der Waals surface area contributed by atoms with Gasteiger partial charge in [-0.05, 0) is 44.7 Å². The molecule has 1 spiro atoms. The van der Waals surface area contributed by atoms with E-state index >= 15 is 0 Å². The van der Waals surface area contributed by atoms with Crippen molar-refractivity contribution in [2.24, 2.45) is 0 Å². The highest BCUT2D eigenvalue weighted by molar-refractivity contribution is 5.97. The van der Waals surface area contributed by atoms with Crippen LogP contribution >= 0.6 is 0 Å². The minimum Gasteiger partial charge on any atom is -0.469 e. The fourth-order valence-corrected chi connectivity index (χ4v) is 4.09. The van der Waals surface area contributed by atoms with Gasteiger partial charge in [-0.1, -0.05) is 6.07 Å². The number of nitrogens with zero attached hydrogens (tertiary/aromatic N) is 3. The Labute approximate surface area is 157 Å². The van der Waals surface area contributed by atoms with Gasteiger partial charge < -0.3 is 14.2 Å². The second-order valence-corrected chi connectivity index (χ2v) is 7.41. The number of rotatable bonds is 2. The third-order valence-corrected chi connectivity index (χ3v) is 5.76. The van der Waals surface area contributed by atoms with Crippen LogP contribution in [-0.4, -0.2) is 60.4 Å². The molecule has 6 nitrogen and oxygen atoms in total. The average Bonchev–Trinajstić information content (AvgIpc) is 3.25. The maximum atomic E-state index is 13.6. The van der Waals surface area contributed by atoms with Gasteiger partial charge in [0.25, 0.3) is 5.91 Å². The molecule has 2 fully saturated rings. The van der Waals surface area contributed by atoms with Crippen molar-refractivity contribution in [1.82, 2.24) is 9.80 Å². The minimum absolute atomic E-state index is 0.0549. The Bertz CT molecular complexity index is 896. The average molecular weight is 371 g/mol. The molecule has 0 aliphatic carbocycles. The summed E-state index contributed by atoms with van der Waals surface area (Å²) in [7, 11) is 1.91. The van der Waals surface area contributed by atoms with Crippen LogP contribution in [0.3, 0.4) is 0 Å². The van der Waals surface area contributed by atoms with Crippen LogP contribution in [0.1, 0.15) is 22.5 Å². The second kappa shape index (κ2) is 6.49. The number of carbonyl (C=O) groups is 2. The van der Waals surface area contributed by atoms with Crippen LogP contribution in [0.4, 0.5) is 10.1 Å². The number of benzene rings is 1. The first kappa shape index (κ1) is 17.7. The lowest BCUT2D eigenvalue weighted by Gasteiger charge is -2.46. The number of amides is 2. The van der Waals surface area contributed by atoms with Gasteiger partial charge in [0, 0.05) is 25.3 Å². The number of hydrogen-bond acceptors (Lipinski definition) is 4. The monoisotopic (exact) mass is 371 g/mol. The lowest BCUT2D eigenvalue weighted by atomic mass is 9.92. The zero-order valence-corrected chi connectivity index (χ0v) is 15.4. The molecular weight excluding hydrogens is 349 g/mol. The Kier molecular flexibility index (Phi) is 4.26. The van der Waals surface area contributed by atoms with Crippen molar-refractivity contribution in [3.8, 4) is 0 Å². The van der Waals surface area contributed by atoms with Crippen LogP contribution in [0.2, 0.25) is 0 Å². The van der Waals surface area contributed by atoms with Gasteiger partial charge in [0.05, 0.1) is 23.9 Å². The first-order valence-corrected chi connectivity index (χ1v) is 9.00. The van der Waals surface area contributed by atoms with Gasteiger partial charge in [-0.15, -0.1) is 0 Å². The largest absolute Gasteiger partial charge is 0.469 e. The fraction of sp³-hybridized carbons (Fsp3) is 0.400. The zero-order chi connectivity index (χ0) is 19.2. The molecule has 1 atom stereocenters. The van der Waals surface area contributed by atoms with Crippen LogP contribution in [0, 0.1) is 12.7 Å². The van der Waals surface area contributed by atoms with E-state index in [1.807, 2.05) is 16.8 Å². The summed E-state index contributed by atoms with van der Waals surface area (Å²) in [4.78, 5) is 30.9. The van der Waals surface area contributed by atoms with Gasteiger partial charge in [0.1, 0.15) is 11.6 Å². The van der Waals surface area contributed by atoms with Crippen molar-refractivity contribution in [3.63, 3.8) is 0 Å². The predicted octanol–water partition coefficient (Wildman–Crippen LogP) is 2.29. The molecule has 0 saturated carbocycles. The van der Waals surface area contributed by atoms with Crippen LogP contribution in [0.5, 0.6) is 0 Å². The second-order valence-electron chi connectivity index (χ2n) is 7.41. The van der Waals surface area contributed by atoms with Gasteiger partial charge in [-0.25, -0.2) is 4.39 Å². The summed E-state index contributed by atoms with van der Waals surface area (Å²) in [5, 5.41) is 0. The quantitative estimate of drug-likeness (QED) is 0.813. The van der Waals surface area contributed by atoms with E-state index in [1.165, 1.54) is 18.4 Å². The zero-order valence-electron chi connectivity index (χ0n) is 15.4. The molecule has 1 aromatic carbocycles. The summed E-state index contributed by atoms with van der Waals surface area (Å²) in [6.45, 7) is 3.57. The first-order chi connectivity index (χ1) is 12.9. The molecule has 0 bridgehead atoms. The summed E-state index contributed by atoms with van der Waals surface area (Å²) in [5.41, 5.74) is 0.791. The molecule has 7 heteroatoms. The van der Waals surface area contributed by atoms with E-state index in [0.29, 0.717) is 36.6 Å². The summed E-state index contributed by atoms with van der Waals surface area (Å²) >= 11 is 0. The van der Waals surface area contributed by atoms with Crippen molar-refractivity contribution < 1.29 is 18.4 Å². The Morgan fingerprint density at radius 1 is 1.26 bits per heavy atom. The predicted molar refractivity (Wildman–Crippen MR) is 98.1 cm³/mol. The van der Waals surface area contributed by atoms with Gasteiger partial charge in [0.15, 0.2) is 0 Å². The van der Waals surface area contributed by atoms with E-state index in [-0.39, 0.29) is 29.7 Å². The minimum atomic E-state index is -0.369. The van der Waals surface area contributed by atoms with E-state index < -0.39 is 0 Å². The van der Waals surface area contributed by atoms with Crippen molar-refractivity contribution in [1.29, 1.82) is 0 Å². The smallest absolute Gasteiger partial charge is 0.257 e. The Balaban J connectivity index is 1.58. The number of piperazine rings is 1. The lowest BCUT2D eigenvalue weighted by molar-refractivity contribution is -0.123. The Morgan fingerprint density at radius 2 is 2.07 bits per heavy atom. The molecule has 2 aromatic rings. The van der Waals surface area contributed by atoms with Crippen LogP contribution in [-0.2, 0) is 4.79 Å². The van der Waals surface area contributed by atoms with E-state index in [4.69, 9.17) is 4.42 Å². The van der Waals surface area contributed by atoms with Crippen molar-refractivity contribution in [2.75, 3.05) is 38.1 Å². The van der Waals surface area contributed by atoms with Crippen LogP contribution in [0.15, 0.2) is 41.0 Å². The third-order valence-electron chi connectivity index (χ3n) is 5.76. The third kappa shape index (κ3) is 3.02. The standard InChI is InChI=1S/C20H22FN3O3/c1-14-17(6-9-27-14)19(26)23-8-7-20(12-23)13-24(18(25)11-22(20)2)16-5-3-4-15(21)10-16/h3-6,9-10H,7-8,11-13H2,1-2H3/t20-/m1/s1. The number of aryl methyl sites for hydroxylation is 1. The summed E-state index contributed by atoms with van der Waals surface area (Å²) in [5.74, 6) is 0.117. The molecule has 27 heavy (non-hydrogen) atoms. The molecule has 1 aromatic heterocycles. The highest BCUT2D eigenvalue weighted by Gasteiger charge is 2.49. The summed E-state index contributed by atoms with van der Waals surface area (Å²) < 4.78 is 18.9. The number of likely N-dealkylation sites (tertiary alicyclic amines) is 1. The molecule has 142 valence electrons. The summed E-state index contributed by atoms with van der Waals surface area (Å²) in [6.07, 6.45) is 2.27. The van der Waals surface area contributed by atoms with E-state index in [0.717, 1.165) is 6.42 Å². The molecule has 3 heterocycles. The molecule has 2 aliphatic heterocycles. The molecule has 2 amide bonds. The van der Waals surface area contributed by atoms with Crippen molar-refractivity contribution in [3.05, 3.63) is 53.7 Å². The SMILES string of the molecule is Cc1occc1C(=O)N1CC[C@@]2(C1)CN(c1cccc(F)c1)C(=O)CN2C. The molecule has 2 saturated heterocycles. The van der Waals surface area contributed by atoms with E-state index in [2.05, 4.69) is 0 Å². The van der Waals surface area contributed by atoms with Gasteiger partial charge >= 0.3 is 0 Å². The fourth-order valence-electron chi connectivity index (χ4n) is 4.09. The normalized spacial score (nSPS) is 23.4. The van der Waals surface area contributed by atoms with Crippen LogP contribution < -0.4 is 4.90 Å². The maximum absolute atomic E-state index is 13.6. The van der Waals surface area contributed by atoms with Gasteiger partial charge in [-0.2, -0.15) is 0 Å². The molecule has 0 N–H and O–H groups in total. The van der Waals surface area contributed by atoms with E-state index in [1.54, 1.807) is 30.0 Å². The molecule has 0 radical (unpaired) electrons. The Morgan fingerprint density at radius 3 is 2.78 bits per heavy atom. The number of hydrogen-bond donors (Lipinski definition) is 0. The molecule has 0 unspecified atom stereocenters. The topological polar surface area (TPSA) is 57.0 Å². The maximum Gasteiger partial charge on any atom is 0.257 e. The van der Waals surface area contributed by atoms with Crippen LogP contribution in [0.25, 0.3) is 0 Å². The first-order valence-electron chi connectivity index (χ1n) is 9.00. The molecule has 4 rings (SSSR count). The number of halogens is 1. The van der Waals surface area contributed by atoms with E-state index in [9.17, 15) is 14.0 Å². The molecule has 2 aliphatic rings. The number of carbonyl (C=O) groups excluding carboxylic acids is 2. The Hall–Kier alpha value is -2.67. The summed E-state index contributed by atoms with van der Waals surface area (Å²) in [6, 6.07) is 7.78.